The largest absolute Gasteiger partial charge is 0.479 e. The van der Waals surface area contributed by atoms with Crippen LogP contribution in [0.5, 0.6) is 5.75 Å². The van der Waals surface area contributed by atoms with Crippen molar-refractivity contribution in [2.24, 2.45) is 0 Å². The first-order valence-corrected chi connectivity index (χ1v) is 11.1. The zero-order valence-electron chi connectivity index (χ0n) is 18.7. The number of anilines is 1. The van der Waals surface area contributed by atoms with Gasteiger partial charge in [-0.25, -0.2) is 0 Å². The van der Waals surface area contributed by atoms with Crippen LogP contribution in [0.15, 0.2) is 18.2 Å². The zero-order valence-corrected chi connectivity index (χ0v) is 18.7. The smallest absolute Gasteiger partial charge is 0.268 e. The Hall–Kier alpha value is -2.41. The Kier molecular flexibility index (Phi) is 9.30. The standard InChI is InChI=1S/C23H35N3O4/c1-5-10-20(27)18-11-12-21-19(15-18)26(23(29)17(4)30-21)16-22(28)24-13-8-9-14-25(6-2)7-3/h11-12,15,17H,5-10,13-14,16H2,1-4H3,(H,24,28). The maximum absolute atomic E-state index is 12.7. The predicted octanol–water partition coefficient (Wildman–Crippen LogP) is 3.02. The quantitative estimate of drug-likeness (QED) is 0.418. The van der Waals surface area contributed by atoms with E-state index in [-0.39, 0.29) is 24.1 Å². The molecule has 0 bridgehead atoms. The molecule has 1 unspecified atom stereocenters. The Morgan fingerprint density at radius 1 is 1.17 bits per heavy atom. The second-order valence-electron chi connectivity index (χ2n) is 7.62. The van der Waals surface area contributed by atoms with Crippen molar-refractivity contribution in [1.29, 1.82) is 0 Å². The molecular formula is C23H35N3O4. The van der Waals surface area contributed by atoms with E-state index in [2.05, 4.69) is 24.1 Å². The third kappa shape index (κ3) is 6.29. The Labute approximate surface area is 179 Å². The molecule has 0 fully saturated rings. The molecule has 0 spiro atoms. The Morgan fingerprint density at radius 3 is 2.57 bits per heavy atom. The lowest BCUT2D eigenvalue weighted by Gasteiger charge is -2.32. The summed E-state index contributed by atoms with van der Waals surface area (Å²) in [4.78, 5) is 41.2. The van der Waals surface area contributed by atoms with Crippen LogP contribution in [0, 0.1) is 0 Å². The Balaban J connectivity index is 1.99. The second kappa shape index (κ2) is 11.7. The maximum atomic E-state index is 12.7. The lowest BCUT2D eigenvalue weighted by Crippen LogP contribution is -2.49. The van der Waals surface area contributed by atoms with E-state index in [1.54, 1.807) is 25.1 Å². The summed E-state index contributed by atoms with van der Waals surface area (Å²) in [5.41, 5.74) is 1.01. The molecule has 1 aliphatic rings. The normalized spacial score (nSPS) is 15.7. The van der Waals surface area contributed by atoms with Crippen molar-refractivity contribution >= 4 is 23.3 Å². The van der Waals surface area contributed by atoms with Gasteiger partial charge in [0, 0.05) is 18.5 Å². The van der Waals surface area contributed by atoms with Crippen molar-refractivity contribution in [3.05, 3.63) is 23.8 Å². The van der Waals surface area contributed by atoms with Gasteiger partial charge in [0.1, 0.15) is 12.3 Å². The van der Waals surface area contributed by atoms with E-state index in [1.807, 2.05) is 6.92 Å². The van der Waals surface area contributed by atoms with Gasteiger partial charge in [-0.05, 0) is 64.0 Å². The highest BCUT2D eigenvalue weighted by molar-refractivity contribution is 6.05. The first-order valence-electron chi connectivity index (χ1n) is 11.1. The molecule has 1 aromatic carbocycles. The summed E-state index contributed by atoms with van der Waals surface area (Å²) in [5.74, 6) is 0.0435. The number of ketones is 1. The van der Waals surface area contributed by atoms with Gasteiger partial charge in [0.2, 0.25) is 5.91 Å². The number of carbonyl (C=O) groups excluding carboxylic acids is 3. The molecule has 0 saturated heterocycles. The SMILES string of the molecule is CCCC(=O)c1ccc2c(c1)N(CC(=O)NCCCCN(CC)CC)C(=O)C(C)O2. The molecule has 0 aromatic heterocycles. The predicted molar refractivity (Wildman–Crippen MR) is 118 cm³/mol. The number of rotatable bonds is 12. The minimum absolute atomic E-state index is 0.0176. The van der Waals surface area contributed by atoms with Crippen molar-refractivity contribution in [1.82, 2.24) is 10.2 Å². The van der Waals surface area contributed by atoms with Crippen molar-refractivity contribution in [2.75, 3.05) is 37.6 Å². The molecule has 1 N–H and O–H groups in total. The topological polar surface area (TPSA) is 79.0 Å². The fraction of sp³-hybridized carbons (Fsp3) is 0.609. The maximum Gasteiger partial charge on any atom is 0.268 e. The van der Waals surface area contributed by atoms with Crippen molar-refractivity contribution in [3.63, 3.8) is 0 Å². The van der Waals surface area contributed by atoms with Gasteiger partial charge >= 0.3 is 0 Å². The molecule has 1 heterocycles. The summed E-state index contributed by atoms with van der Waals surface area (Å²) in [5, 5.41) is 2.90. The number of ether oxygens (including phenoxy) is 1. The molecule has 1 aromatic rings. The molecule has 0 aliphatic carbocycles. The third-order valence-electron chi connectivity index (χ3n) is 5.39. The number of hydrogen-bond acceptors (Lipinski definition) is 5. The van der Waals surface area contributed by atoms with Gasteiger partial charge in [-0.2, -0.15) is 0 Å². The van der Waals surface area contributed by atoms with E-state index >= 15 is 0 Å². The molecule has 166 valence electrons. The van der Waals surface area contributed by atoms with Crippen LogP contribution in [0.2, 0.25) is 0 Å². The zero-order chi connectivity index (χ0) is 22.1. The molecule has 30 heavy (non-hydrogen) atoms. The lowest BCUT2D eigenvalue weighted by molar-refractivity contribution is -0.128. The Bertz CT molecular complexity index is 746. The number of nitrogens with zero attached hydrogens (tertiary/aromatic N) is 2. The van der Waals surface area contributed by atoms with Gasteiger partial charge in [-0.3, -0.25) is 19.3 Å². The number of unbranched alkanes of at least 4 members (excludes halogenated alkanes) is 1. The molecular weight excluding hydrogens is 382 g/mol. The molecule has 0 radical (unpaired) electrons. The Morgan fingerprint density at radius 2 is 1.90 bits per heavy atom. The van der Waals surface area contributed by atoms with Gasteiger partial charge in [0.25, 0.3) is 5.91 Å². The number of Topliss-reactive ketones (excluding diaryl/α,β-unsaturated/α-hetero) is 1. The fourth-order valence-corrected chi connectivity index (χ4v) is 3.54. The molecule has 1 atom stereocenters. The van der Waals surface area contributed by atoms with Crippen molar-refractivity contribution in [2.45, 2.75) is 59.5 Å². The van der Waals surface area contributed by atoms with Gasteiger partial charge in [-0.15, -0.1) is 0 Å². The summed E-state index contributed by atoms with van der Waals surface area (Å²) in [6.07, 6.45) is 2.43. The van der Waals surface area contributed by atoms with Crippen LogP contribution in [0.3, 0.4) is 0 Å². The molecule has 1 aliphatic heterocycles. The van der Waals surface area contributed by atoms with Crippen LogP contribution in [-0.4, -0.2) is 61.3 Å². The van der Waals surface area contributed by atoms with Gasteiger partial charge in [0.05, 0.1) is 5.69 Å². The summed E-state index contributed by atoms with van der Waals surface area (Å²) in [7, 11) is 0. The number of nitrogens with one attached hydrogen (secondary N) is 1. The molecule has 0 saturated carbocycles. The number of amides is 2. The summed E-state index contributed by atoms with van der Waals surface area (Å²) in [6, 6.07) is 5.08. The first kappa shape index (κ1) is 23.9. The molecule has 7 nitrogen and oxygen atoms in total. The fourth-order valence-electron chi connectivity index (χ4n) is 3.54. The minimum Gasteiger partial charge on any atom is -0.479 e. The van der Waals surface area contributed by atoms with Crippen LogP contribution in [-0.2, 0) is 9.59 Å². The average molecular weight is 418 g/mol. The number of carbonyl (C=O) groups is 3. The van der Waals surface area contributed by atoms with Crippen molar-refractivity contribution < 1.29 is 19.1 Å². The molecule has 2 rings (SSSR count). The summed E-state index contributed by atoms with van der Waals surface area (Å²) >= 11 is 0. The highest BCUT2D eigenvalue weighted by Gasteiger charge is 2.33. The number of fused-ring (bicyclic) bond motifs is 1. The van der Waals surface area contributed by atoms with Crippen LogP contribution in [0.25, 0.3) is 0 Å². The highest BCUT2D eigenvalue weighted by Crippen LogP contribution is 2.35. The van der Waals surface area contributed by atoms with Crippen LogP contribution in [0.4, 0.5) is 5.69 Å². The van der Waals surface area contributed by atoms with E-state index in [9.17, 15) is 14.4 Å². The number of hydrogen-bond donors (Lipinski definition) is 1. The molecule has 7 heteroatoms. The summed E-state index contributed by atoms with van der Waals surface area (Å²) < 4.78 is 5.67. The van der Waals surface area contributed by atoms with Gasteiger partial charge < -0.3 is 15.0 Å². The van der Waals surface area contributed by atoms with E-state index in [0.717, 1.165) is 38.9 Å². The lowest BCUT2D eigenvalue weighted by atomic mass is 10.0. The molecule has 2 amide bonds. The highest BCUT2D eigenvalue weighted by atomic mass is 16.5. The third-order valence-corrected chi connectivity index (χ3v) is 5.39. The summed E-state index contributed by atoms with van der Waals surface area (Å²) in [6.45, 7) is 11.5. The van der Waals surface area contributed by atoms with Crippen LogP contribution in [0.1, 0.15) is 63.7 Å². The van der Waals surface area contributed by atoms with Gasteiger partial charge in [-0.1, -0.05) is 20.8 Å². The minimum atomic E-state index is -0.670. The first-order chi connectivity index (χ1) is 14.4. The van der Waals surface area contributed by atoms with Crippen LogP contribution >= 0.6 is 0 Å². The van der Waals surface area contributed by atoms with E-state index in [1.165, 1.54) is 4.90 Å². The second-order valence-corrected chi connectivity index (χ2v) is 7.62. The van der Waals surface area contributed by atoms with Gasteiger partial charge in [0.15, 0.2) is 11.9 Å². The number of benzene rings is 1. The van der Waals surface area contributed by atoms with E-state index in [0.29, 0.717) is 30.0 Å². The van der Waals surface area contributed by atoms with Crippen molar-refractivity contribution in [3.8, 4) is 5.75 Å². The monoisotopic (exact) mass is 417 g/mol. The van der Waals surface area contributed by atoms with E-state index < -0.39 is 6.10 Å². The van der Waals surface area contributed by atoms with Crippen LogP contribution < -0.4 is 15.0 Å². The van der Waals surface area contributed by atoms with E-state index in [4.69, 9.17) is 4.74 Å². The average Bonchev–Trinajstić information content (AvgIpc) is 2.74.